The summed E-state index contributed by atoms with van der Waals surface area (Å²) >= 11 is 0. The minimum absolute atomic E-state index is 0.0345. The number of aromatic nitrogens is 2. The molecule has 1 saturated carbocycles. The summed E-state index contributed by atoms with van der Waals surface area (Å²) in [6.45, 7) is 2.62. The molecule has 10 heteroatoms. The first-order chi connectivity index (χ1) is 13.2. The molecule has 4 fully saturated rings. The molecule has 2 spiro atoms. The zero-order valence-electron chi connectivity index (χ0n) is 15.3. The maximum absolute atomic E-state index is 12.6. The highest BCUT2D eigenvalue weighted by atomic mass is 19.4. The van der Waals surface area contributed by atoms with E-state index >= 15 is 0 Å². The van der Waals surface area contributed by atoms with Gasteiger partial charge in [0.2, 0.25) is 5.91 Å². The molecule has 1 N–H and O–H groups in total. The van der Waals surface area contributed by atoms with E-state index in [0.29, 0.717) is 37.4 Å². The Labute approximate surface area is 159 Å². The van der Waals surface area contributed by atoms with Crippen LogP contribution in [0.15, 0.2) is 12.4 Å². The van der Waals surface area contributed by atoms with Gasteiger partial charge in [0.25, 0.3) is 0 Å². The summed E-state index contributed by atoms with van der Waals surface area (Å²) in [7, 11) is 0. The van der Waals surface area contributed by atoms with Gasteiger partial charge < -0.3 is 15.1 Å². The van der Waals surface area contributed by atoms with E-state index < -0.39 is 6.30 Å². The lowest BCUT2D eigenvalue weighted by molar-refractivity contribution is -0.212. The summed E-state index contributed by atoms with van der Waals surface area (Å²) in [5.41, 5.74) is 0.552. The van der Waals surface area contributed by atoms with Gasteiger partial charge in [-0.2, -0.15) is 9.78 Å². The Balaban J connectivity index is 1.07. The third kappa shape index (κ3) is 2.84. The summed E-state index contributed by atoms with van der Waals surface area (Å²) < 4.78 is 37.8. The number of alkyl halides is 3. The fourth-order valence-corrected chi connectivity index (χ4v) is 5.43. The van der Waals surface area contributed by atoms with Crippen molar-refractivity contribution in [2.24, 2.45) is 11.3 Å². The van der Waals surface area contributed by atoms with Gasteiger partial charge in [-0.25, -0.2) is 4.79 Å². The molecule has 0 unspecified atom stereocenters. The third-order valence-corrected chi connectivity index (χ3v) is 6.68. The van der Waals surface area contributed by atoms with Crippen molar-refractivity contribution in [3.63, 3.8) is 0 Å². The number of hydrogen-bond donors (Lipinski definition) is 1. The van der Waals surface area contributed by atoms with E-state index in [9.17, 15) is 22.8 Å². The molecule has 0 atom stereocenters. The monoisotopic (exact) mass is 397 g/mol. The average molecular weight is 397 g/mol. The molecular weight excluding hydrogens is 375 g/mol. The highest BCUT2D eigenvalue weighted by Gasteiger charge is 2.56. The number of hydrogen-bond acceptors (Lipinski definition) is 3. The van der Waals surface area contributed by atoms with Crippen molar-refractivity contribution in [1.29, 1.82) is 0 Å². The van der Waals surface area contributed by atoms with Crippen LogP contribution in [0.2, 0.25) is 0 Å². The summed E-state index contributed by atoms with van der Waals surface area (Å²) in [5.74, 6) is 0.417. The molecule has 1 aromatic heterocycles. The summed E-state index contributed by atoms with van der Waals surface area (Å²) in [4.78, 5) is 27.6. The maximum Gasteiger partial charge on any atom is 0.504 e. The van der Waals surface area contributed by atoms with Gasteiger partial charge >= 0.3 is 12.3 Å². The average Bonchev–Trinajstić information content (AvgIpc) is 3.12. The second kappa shape index (κ2) is 5.64. The fourth-order valence-electron chi connectivity index (χ4n) is 5.43. The largest absolute Gasteiger partial charge is 0.504 e. The number of urea groups is 1. The van der Waals surface area contributed by atoms with Gasteiger partial charge in [0.15, 0.2) is 0 Å². The molecule has 4 aliphatic rings. The van der Waals surface area contributed by atoms with Gasteiger partial charge in [-0.05, 0) is 37.2 Å². The number of rotatable bonds is 2. The van der Waals surface area contributed by atoms with Crippen LogP contribution in [0.3, 0.4) is 0 Å². The van der Waals surface area contributed by atoms with Crippen LogP contribution in [-0.2, 0) is 17.5 Å². The lowest BCUT2D eigenvalue weighted by atomic mass is 9.56. The van der Waals surface area contributed by atoms with Crippen molar-refractivity contribution in [2.75, 3.05) is 26.2 Å². The molecule has 0 radical (unpaired) electrons. The lowest BCUT2D eigenvalue weighted by Gasteiger charge is -2.61. The second-order valence-corrected chi connectivity index (χ2v) is 9.06. The van der Waals surface area contributed by atoms with Crippen LogP contribution in [0.1, 0.15) is 31.2 Å². The van der Waals surface area contributed by atoms with Crippen LogP contribution in [0, 0.1) is 11.3 Å². The van der Waals surface area contributed by atoms with Gasteiger partial charge in [0, 0.05) is 44.2 Å². The third-order valence-electron chi connectivity index (χ3n) is 6.68. The van der Waals surface area contributed by atoms with Crippen LogP contribution >= 0.6 is 0 Å². The first-order valence-corrected chi connectivity index (χ1v) is 9.61. The highest BCUT2D eigenvalue weighted by molar-refractivity contribution is 5.82. The van der Waals surface area contributed by atoms with Crippen LogP contribution < -0.4 is 5.32 Å². The van der Waals surface area contributed by atoms with E-state index in [1.165, 1.54) is 6.20 Å². The van der Waals surface area contributed by atoms with Crippen molar-refractivity contribution < 1.29 is 22.8 Å². The van der Waals surface area contributed by atoms with Crippen LogP contribution in [0.5, 0.6) is 0 Å². The standard InChI is InChI=1S/C18H22F3N5O2/c19-18(20,21)26-7-13(6-22-26)3-12-4-16(5-12)8-24(9-16)15(28)25-10-17(11-25)2-1-14(27)23-17/h6-7,12H,1-5,8-11H2,(H,23,27). The number of carbonyl (C=O) groups is 2. The molecular formula is C18H22F3N5O2. The predicted octanol–water partition coefficient (Wildman–Crippen LogP) is 1.70. The topological polar surface area (TPSA) is 70.5 Å². The van der Waals surface area contributed by atoms with Crippen molar-refractivity contribution >= 4 is 11.9 Å². The van der Waals surface area contributed by atoms with Gasteiger partial charge in [-0.15, -0.1) is 13.2 Å². The van der Waals surface area contributed by atoms with E-state index in [0.717, 1.165) is 38.5 Å². The number of amides is 3. The Bertz CT molecular complexity index is 815. The first kappa shape index (κ1) is 17.8. The normalized spacial score (nSPS) is 25.5. The van der Waals surface area contributed by atoms with E-state index in [1.54, 1.807) is 4.90 Å². The SMILES string of the molecule is O=C1CCC2(CN(C(=O)N3CC4(CC(Cc5cnn(C(F)(F)F)c5)C4)C3)C2)N1. The molecule has 152 valence electrons. The Morgan fingerprint density at radius 1 is 1.21 bits per heavy atom. The van der Waals surface area contributed by atoms with E-state index in [2.05, 4.69) is 10.4 Å². The van der Waals surface area contributed by atoms with E-state index in [1.807, 2.05) is 4.90 Å². The van der Waals surface area contributed by atoms with Crippen molar-refractivity contribution in [1.82, 2.24) is 24.9 Å². The van der Waals surface area contributed by atoms with Gasteiger partial charge in [0.1, 0.15) is 0 Å². The van der Waals surface area contributed by atoms with Crippen LogP contribution in [0.4, 0.5) is 18.0 Å². The molecule has 0 bridgehead atoms. The molecule has 3 amide bonds. The summed E-state index contributed by atoms with van der Waals surface area (Å²) in [5, 5.41) is 6.36. The molecule has 28 heavy (non-hydrogen) atoms. The maximum atomic E-state index is 12.6. The number of nitrogens with one attached hydrogen (secondary N) is 1. The molecule has 0 aromatic carbocycles. The molecule has 7 nitrogen and oxygen atoms in total. The zero-order valence-corrected chi connectivity index (χ0v) is 15.3. The second-order valence-electron chi connectivity index (χ2n) is 9.06. The van der Waals surface area contributed by atoms with Crippen molar-refractivity contribution in [3.8, 4) is 0 Å². The quantitative estimate of drug-likeness (QED) is 0.826. The minimum Gasteiger partial charge on any atom is -0.347 e. The molecule has 3 aliphatic heterocycles. The molecule has 3 saturated heterocycles. The number of nitrogens with zero attached hydrogens (tertiary/aromatic N) is 4. The Hall–Kier alpha value is -2.26. The number of likely N-dealkylation sites (tertiary alicyclic amines) is 2. The zero-order chi connectivity index (χ0) is 19.7. The van der Waals surface area contributed by atoms with Crippen LogP contribution in [-0.4, -0.2) is 63.2 Å². The van der Waals surface area contributed by atoms with Gasteiger partial charge in [-0.1, -0.05) is 0 Å². The van der Waals surface area contributed by atoms with E-state index in [4.69, 9.17) is 0 Å². The molecule has 1 aromatic rings. The number of halogens is 3. The van der Waals surface area contributed by atoms with Crippen molar-refractivity contribution in [2.45, 2.75) is 43.9 Å². The molecule has 1 aliphatic carbocycles. The molecule has 5 rings (SSSR count). The predicted molar refractivity (Wildman–Crippen MR) is 91.0 cm³/mol. The summed E-state index contributed by atoms with van der Waals surface area (Å²) in [6, 6.07) is 0.0345. The minimum atomic E-state index is -4.47. The fraction of sp³-hybridized carbons (Fsp3) is 0.722. The first-order valence-electron chi connectivity index (χ1n) is 9.61. The van der Waals surface area contributed by atoms with Crippen molar-refractivity contribution in [3.05, 3.63) is 18.0 Å². The Morgan fingerprint density at radius 2 is 1.89 bits per heavy atom. The van der Waals surface area contributed by atoms with Gasteiger partial charge in [-0.3, -0.25) is 4.79 Å². The van der Waals surface area contributed by atoms with Crippen LogP contribution in [0.25, 0.3) is 0 Å². The summed E-state index contributed by atoms with van der Waals surface area (Å²) in [6.07, 6.45) is 1.69. The number of carbonyl (C=O) groups excluding carboxylic acids is 2. The Kier molecular flexibility index (Phi) is 3.59. The lowest BCUT2D eigenvalue weighted by Crippen LogP contribution is -2.73. The van der Waals surface area contributed by atoms with Gasteiger partial charge in [0.05, 0.1) is 11.7 Å². The Morgan fingerprint density at radius 3 is 2.46 bits per heavy atom. The highest BCUT2D eigenvalue weighted by Crippen LogP contribution is 2.53. The smallest absolute Gasteiger partial charge is 0.347 e. The van der Waals surface area contributed by atoms with E-state index in [-0.39, 0.29) is 27.6 Å². The molecule has 4 heterocycles.